The largest absolute Gasteiger partial charge is 0.465 e. The molecule has 0 N–H and O–H groups in total. The molecular formula is C23H21N5O3S2. The van der Waals surface area contributed by atoms with E-state index in [0.717, 1.165) is 22.3 Å². The van der Waals surface area contributed by atoms with Crippen molar-refractivity contribution < 1.29 is 14.3 Å². The first-order chi connectivity index (χ1) is 15.8. The Hall–Kier alpha value is -3.42. The number of thioether (sulfide) groups is 1. The molecule has 0 radical (unpaired) electrons. The summed E-state index contributed by atoms with van der Waals surface area (Å²) in [5.41, 5.74) is 2.67. The van der Waals surface area contributed by atoms with Crippen LogP contribution in [0.5, 0.6) is 0 Å². The van der Waals surface area contributed by atoms with Gasteiger partial charge in [0.25, 0.3) is 0 Å². The zero-order valence-corrected chi connectivity index (χ0v) is 20.4. The number of allylic oxidation sites excluding steroid dienone is 1. The van der Waals surface area contributed by atoms with Crippen molar-refractivity contribution in [1.82, 2.24) is 9.97 Å². The Bertz CT molecular complexity index is 1340. The van der Waals surface area contributed by atoms with Crippen LogP contribution in [0.3, 0.4) is 0 Å². The number of aryl methyl sites for hydroxylation is 2. The molecular weight excluding hydrogens is 458 g/mol. The minimum Gasteiger partial charge on any atom is -0.465 e. The van der Waals surface area contributed by atoms with Gasteiger partial charge in [-0.1, -0.05) is 23.9 Å². The zero-order valence-electron chi connectivity index (χ0n) is 18.8. The van der Waals surface area contributed by atoms with Crippen LogP contribution in [0.25, 0.3) is 10.2 Å². The topological polar surface area (TPSA) is 99.4 Å². The van der Waals surface area contributed by atoms with Crippen LogP contribution in [0.2, 0.25) is 0 Å². The number of nitrogens with zero attached hydrogens (tertiary/aromatic N) is 5. The third-order valence-corrected chi connectivity index (χ3v) is 7.57. The zero-order chi connectivity index (χ0) is 23.9. The molecule has 8 nitrogen and oxygen atoms in total. The van der Waals surface area contributed by atoms with E-state index in [0.29, 0.717) is 26.4 Å². The highest BCUT2D eigenvalue weighted by atomic mass is 32.2. The average molecular weight is 480 g/mol. The van der Waals surface area contributed by atoms with Gasteiger partial charge in [-0.15, -0.1) is 11.3 Å². The van der Waals surface area contributed by atoms with Crippen molar-refractivity contribution in [3.63, 3.8) is 0 Å². The van der Waals surface area contributed by atoms with Crippen molar-refractivity contribution >= 4 is 56.4 Å². The summed E-state index contributed by atoms with van der Waals surface area (Å²) >= 11 is 2.48. The first-order valence-electron chi connectivity index (χ1n) is 10.0. The number of Topliss-reactive ketones (excluding diaryl/α,β-unsaturated/α-hetero) is 1. The summed E-state index contributed by atoms with van der Waals surface area (Å²) in [6.45, 7) is 3.58. The number of hydrogen-bond donors (Lipinski definition) is 0. The van der Waals surface area contributed by atoms with Crippen LogP contribution in [-0.4, -0.2) is 48.7 Å². The highest BCUT2D eigenvalue weighted by Crippen LogP contribution is 2.41. The minimum absolute atomic E-state index is 0.0266. The normalized spacial score (nSPS) is 12.7. The summed E-state index contributed by atoms with van der Waals surface area (Å²) in [4.78, 5) is 39.1. The first kappa shape index (κ1) is 22.8. The van der Waals surface area contributed by atoms with Gasteiger partial charge in [0.1, 0.15) is 38.0 Å². The monoisotopic (exact) mass is 479 g/mol. The van der Waals surface area contributed by atoms with E-state index < -0.39 is 5.97 Å². The summed E-state index contributed by atoms with van der Waals surface area (Å²) < 4.78 is 4.88. The molecule has 3 aromatic rings. The van der Waals surface area contributed by atoms with Crippen LogP contribution in [0.1, 0.15) is 21.1 Å². The van der Waals surface area contributed by atoms with Crippen LogP contribution in [0.15, 0.2) is 40.7 Å². The number of fused-ring (bicyclic) bond motifs is 2. The molecule has 2 aromatic heterocycles. The van der Waals surface area contributed by atoms with Gasteiger partial charge in [-0.3, -0.25) is 4.79 Å². The number of rotatable bonds is 5. The molecule has 10 heteroatoms. The fraction of sp³-hybridized carbons (Fsp3) is 0.261. The number of methoxy groups -OCH3 is 1. The number of para-hydroxylation sites is 2. The number of thiophene rings is 1. The number of esters is 1. The SMILES string of the molecule is COC(=O)c1sc2nc(C)nc(SCC(=O)C(C#N)=C3N(C)c4ccccc4N3C)c2c1C. The van der Waals surface area contributed by atoms with E-state index in [1.54, 1.807) is 6.92 Å². The number of ketones is 1. The molecule has 0 saturated heterocycles. The van der Waals surface area contributed by atoms with Crippen molar-refractivity contribution in [1.29, 1.82) is 5.26 Å². The minimum atomic E-state index is -0.427. The van der Waals surface area contributed by atoms with E-state index in [1.165, 1.54) is 30.2 Å². The van der Waals surface area contributed by atoms with Gasteiger partial charge in [0.15, 0.2) is 5.78 Å². The third-order valence-electron chi connectivity index (χ3n) is 5.43. The highest BCUT2D eigenvalue weighted by molar-refractivity contribution is 8.00. The molecule has 1 aromatic carbocycles. The number of aromatic nitrogens is 2. The molecule has 0 bridgehead atoms. The number of ether oxygens (including phenoxy) is 1. The Labute approximate surface area is 199 Å². The van der Waals surface area contributed by atoms with Crippen molar-refractivity contribution in [2.75, 3.05) is 36.8 Å². The quantitative estimate of drug-likeness (QED) is 0.176. The van der Waals surface area contributed by atoms with Crippen LogP contribution < -0.4 is 9.80 Å². The Balaban J connectivity index is 1.67. The average Bonchev–Trinajstić information content (AvgIpc) is 3.27. The second-order valence-electron chi connectivity index (χ2n) is 7.43. The molecule has 0 spiro atoms. The number of carbonyl (C=O) groups excluding carboxylic acids is 2. The van der Waals surface area contributed by atoms with Crippen molar-refractivity contribution in [3.8, 4) is 6.07 Å². The molecule has 4 rings (SSSR count). The highest BCUT2D eigenvalue weighted by Gasteiger charge is 2.31. The van der Waals surface area contributed by atoms with Crippen molar-refractivity contribution in [2.45, 2.75) is 18.9 Å². The van der Waals surface area contributed by atoms with Gasteiger partial charge in [0.2, 0.25) is 0 Å². The number of hydrogen-bond acceptors (Lipinski definition) is 10. The lowest BCUT2D eigenvalue weighted by molar-refractivity contribution is -0.112. The van der Waals surface area contributed by atoms with Crippen molar-refractivity contribution in [2.24, 2.45) is 0 Å². The number of carbonyl (C=O) groups is 2. The second kappa shape index (κ2) is 8.84. The predicted octanol–water partition coefficient (Wildman–Crippen LogP) is 4.08. The van der Waals surface area contributed by atoms with Crippen molar-refractivity contribution in [3.05, 3.63) is 51.9 Å². The molecule has 0 saturated carbocycles. The van der Waals surface area contributed by atoms with E-state index in [-0.39, 0.29) is 17.1 Å². The smallest absolute Gasteiger partial charge is 0.348 e. The van der Waals surface area contributed by atoms with Crippen LogP contribution in [0.4, 0.5) is 11.4 Å². The summed E-state index contributed by atoms with van der Waals surface area (Å²) in [5.74, 6) is 0.393. The summed E-state index contributed by atoms with van der Waals surface area (Å²) in [7, 11) is 5.02. The van der Waals surface area contributed by atoms with E-state index in [2.05, 4.69) is 16.0 Å². The number of benzene rings is 1. The molecule has 0 fully saturated rings. The molecule has 1 aliphatic rings. The Morgan fingerprint density at radius 2 is 1.79 bits per heavy atom. The summed E-state index contributed by atoms with van der Waals surface area (Å²) in [6.07, 6.45) is 0. The molecule has 3 heterocycles. The Kier molecular flexibility index (Phi) is 6.10. The van der Waals surface area contributed by atoms with Gasteiger partial charge < -0.3 is 14.5 Å². The molecule has 0 amide bonds. The van der Waals surface area contributed by atoms with E-state index in [1.807, 2.05) is 55.1 Å². The summed E-state index contributed by atoms with van der Waals surface area (Å²) in [6, 6.07) is 9.85. The maximum Gasteiger partial charge on any atom is 0.348 e. The van der Waals surface area contributed by atoms with Gasteiger partial charge in [0.05, 0.1) is 24.2 Å². The fourth-order valence-corrected chi connectivity index (χ4v) is 6.07. The molecule has 168 valence electrons. The van der Waals surface area contributed by atoms with Gasteiger partial charge in [0, 0.05) is 19.5 Å². The van der Waals surface area contributed by atoms with Gasteiger partial charge in [-0.2, -0.15) is 5.26 Å². The van der Waals surface area contributed by atoms with Gasteiger partial charge >= 0.3 is 5.97 Å². The molecule has 0 unspecified atom stereocenters. The van der Waals surface area contributed by atoms with Crippen LogP contribution in [-0.2, 0) is 9.53 Å². The summed E-state index contributed by atoms with van der Waals surface area (Å²) in [5, 5.41) is 11.2. The lowest BCUT2D eigenvalue weighted by atomic mass is 10.2. The molecule has 0 atom stereocenters. The first-order valence-corrected chi connectivity index (χ1v) is 11.8. The van der Waals surface area contributed by atoms with Crippen LogP contribution >= 0.6 is 23.1 Å². The predicted molar refractivity (Wildman–Crippen MR) is 130 cm³/mol. The van der Waals surface area contributed by atoms with Crippen LogP contribution in [0, 0.1) is 25.2 Å². The maximum atomic E-state index is 13.2. The molecule has 33 heavy (non-hydrogen) atoms. The Morgan fingerprint density at radius 3 is 2.36 bits per heavy atom. The van der Waals surface area contributed by atoms with Gasteiger partial charge in [-0.05, 0) is 31.5 Å². The van der Waals surface area contributed by atoms with Gasteiger partial charge in [-0.25, -0.2) is 14.8 Å². The van der Waals surface area contributed by atoms with E-state index in [4.69, 9.17) is 4.74 Å². The number of nitriles is 1. The lowest BCUT2D eigenvalue weighted by Gasteiger charge is -2.19. The number of anilines is 2. The van der Waals surface area contributed by atoms with E-state index >= 15 is 0 Å². The standard InChI is InChI=1S/C23H21N5O3S2/c1-12-18-20(25-13(2)26-21(18)33-19(12)23(30)31-5)32-11-17(29)14(10-24)22-27(3)15-8-6-7-9-16(15)28(22)4/h6-9H,11H2,1-5H3. The molecule has 1 aliphatic heterocycles. The second-order valence-corrected chi connectivity index (χ2v) is 9.40. The lowest BCUT2D eigenvalue weighted by Crippen LogP contribution is -2.26. The molecule has 0 aliphatic carbocycles. The maximum absolute atomic E-state index is 13.2. The fourth-order valence-electron chi connectivity index (χ4n) is 3.86. The Morgan fingerprint density at radius 1 is 1.15 bits per heavy atom. The third kappa shape index (κ3) is 3.83. The van der Waals surface area contributed by atoms with E-state index in [9.17, 15) is 14.9 Å².